The van der Waals surface area contributed by atoms with Gasteiger partial charge in [-0.2, -0.15) is 0 Å². The fourth-order valence-corrected chi connectivity index (χ4v) is 2.28. The molecule has 1 heterocycles. The Kier molecular flexibility index (Phi) is 4.71. The van der Waals surface area contributed by atoms with Gasteiger partial charge in [-0.05, 0) is 36.2 Å². The zero-order valence-electron chi connectivity index (χ0n) is 9.91. The molecule has 3 nitrogen and oxygen atoms in total. The molecule has 0 spiro atoms. The van der Waals surface area contributed by atoms with E-state index in [9.17, 15) is 4.39 Å². The number of hydrazine groups is 1. The van der Waals surface area contributed by atoms with Gasteiger partial charge in [0.25, 0.3) is 0 Å². The molecule has 6 heteroatoms. The van der Waals surface area contributed by atoms with Crippen molar-refractivity contribution >= 4 is 23.2 Å². The highest BCUT2D eigenvalue weighted by Crippen LogP contribution is 2.26. The van der Waals surface area contributed by atoms with Gasteiger partial charge in [0.2, 0.25) is 0 Å². The van der Waals surface area contributed by atoms with Crippen LogP contribution in [0.4, 0.5) is 4.39 Å². The summed E-state index contributed by atoms with van der Waals surface area (Å²) >= 11 is 11.9. The SMILES string of the molecule is NNC(Cc1ccc(Cl)cc1Cl)c1ncccc1F. The van der Waals surface area contributed by atoms with Crippen LogP contribution in [0.5, 0.6) is 0 Å². The van der Waals surface area contributed by atoms with Gasteiger partial charge in [0.05, 0.1) is 11.7 Å². The fraction of sp³-hybridized carbons (Fsp3) is 0.154. The third-order valence-electron chi connectivity index (χ3n) is 2.76. The van der Waals surface area contributed by atoms with Crippen molar-refractivity contribution in [3.8, 4) is 0 Å². The summed E-state index contributed by atoms with van der Waals surface area (Å²) in [5, 5.41) is 1.07. The lowest BCUT2D eigenvalue weighted by Crippen LogP contribution is -2.31. The number of halogens is 3. The van der Waals surface area contributed by atoms with Gasteiger partial charge in [-0.15, -0.1) is 0 Å². The molecule has 2 rings (SSSR count). The summed E-state index contributed by atoms with van der Waals surface area (Å²) in [5.41, 5.74) is 3.63. The molecule has 0 radical (unpaired) electrons. The monoisotopic (exact) mass is 299 g/mol. The number of hydrogen-bond donors (Lipinski definition) is 2. The molecule has 0 aliphatic heterocycles. The number of benzene rings is 1. The van der Waals surface area contributed by atoms with Gasteiger partial charge >= 0.3 is 0 Å². The second-order valence-corrected chi connectivity index (χ2v) is 4.87. The Morgan fingerprint density at radius 3 is 2.74 bits per heavy atom. The summed E-state index contributed by atoms with van der Waals surface area (Å²) in [7, 11) is 0. The van der Waals surface area contributed by atoms with Crippen LogP contribution in [0, 0.1) is 5.82 Å². The van der Waals surface area contributed by atoms with E-state index >= 15 is 0 Å². The average molecular weight is 300 g/mol. The topological polar surface area (TPSA) is 50.9 Å². The number of hydrogen-bond acceptors (Lipinski definition) is 3. The Bertz CT molecular complexity index is 578. The maximum atomic E-state index is 13.7. The van der Waals surface area contributed by atoms with Crippen LogP contribution < -0.4 is 11.3 Å². The van der Waals surface area contributed by atoms with E-state index in [0.717, 1.165) is 5.56 Å². The van der Waals surface area contributed by atoms with Crippen LogP contribution in [0.15, 0.2) is 36.5 Å². The third-order valence-corrected chi connectivity index (χ3v) is 3.34. The predicted molar refractivity (Wildman–Crippen MR) is 74.4 cm³/mol. The molecule has 1 atom stereocenters. The first-order valence-corrected chi connectivity index (χ1v) is 6.38. The smallest absolute Gasteiger partial charge is 0.146 e. The van der Waals surface area contributed by atoms with Crippen LogP contribution >= 0.6 is 23.2 Å². The molecular formula is C13H12Cl2FN3. The van der Waals surface area contributed by atoms with Crippen molar-refractivity contribution in [1.82, 2.24) is 10.4 Å². The van der Waals surface area contributed by atoms with Gasteiger partial charge < -0.3 is 0 Å². The van der Waals surface area contributed by atoms with Gasteiger partial charge in [0.1, 0.15) is 5.82 Å². The van der Waals surface area contributed by atoms with Crippen molar-refractivity contribution in [2.75, 3.05) is 0 Å². The molecule has 0 saturated carbocycles. The van der Waals surface area contributed by atoms with E-state index in [-0.39, 0.29) is 5.69 Å². The Balaban J connectivity index is 2.27. The molecule has 0 bridgehead atoms. The molecule has 0 fully saturated rings. The number of nitrogens with two attached hydrogens (primary N) is 1. The highest BCUT2D eigenvalue weighted by atomic mass is 35.5. The summed E-state index contributed by atoms with van der Waals surface area (Å²) < 4.78 is 13.7. The van der Waals surface area contributed by atoms with Crippen molar-refractivity contribution in [3.05, 3.63) is 63.6 Å². The van der Waals surface area contributed by atoms with Gasteiger partial charge in [0.15, 0.2) is 0 Å². The lowest BCUT2D eigenvalue weighted by atomic mass is 10.0. The number of rotatable bonds is 4. The molecule has 1 unspecified atom stereocenters. The van der Waals surface area contributed by atoms with Crippen LogP contribution in [0.1, 0.15) is 17.3 Å². The molecular weight excluding hydrogens is 288 g/mol. The standard InChI is InChI=1S/C13H12Cl2FN3/c14-9-4-3-8(10(15)7-9)6-12(19-17)13-11(16)2-1-5-18-13/h1-5,7,12,19H,6,17H2. The highest BCUT2D eigenvalue weighted by Gasteiger charge is 2.17. The van der Waals surface area contributed by atoms with E-state index in [1.54, 1.807) is 18.2 Å². The second-order valence-electron chi connectivity index (χ2n) is 4.03. The second kappa shape index (κ2) is 6.30. The summed E-state index contributed by atoms with van der Waals surface area (Å²) in [6, 6.07) is 7.57. The van der Waals surface area contributed by atoms with E-state index in [0.29, 0.717) is 16.5 Å². The quantitative estimate of drug-likeness (QED) is 0.673. The summed E-state index contributed by atoms with van der Waals surface area (Å²) in [6.45, 7) is 0. The van der Waals surface area contributed by atoms with Gasteiger partial charge in [0, 0.05) is 16.2 Å². The minimum atomic E-state index is -0.458. The molecule has 0 amide bonds. The minimum Gasteiger partial charge on any atom is -0.271 e. The van der Waals surface area contributed by atoms with E-state index in [2.05, 4.69) is 10.4 Å². The van der Waals surface area contributed by atoms with Gasteiger partial charge in [-0.1, -0.05) is 29.3 Å². The Labute approximate surface area is 120 Å². The van der Waals surface area contributed by atoms with Crippen LogP contribution in [0.2, 0.25) is 10.0 Å². The summed E-state index contributed by atoms with van der Waals surface area (Å²) in [5.74, 6) is 5.07. The maximum absolute atomic E-state index is 13.7. The van der Waals surface area contributed by atoms with Crippen LogP contribution in [-0.4, -0.2) is 4.98 Å². The summed E-state index contributed by atoms with van der Waals surface area (Å²) in [4.78, 5) is 4.01. The van der Waals surface area contributed by atoms with Crippen LogP contribution in [0.3, 0.4) is 0 Å². The molecule has 0 saturated heterocycles. The highest BCUT2D eigenvalue weighted by molar-refractivity contribution is 6.35. The third kappa shape index (κ3) is 3.42. The van der Waals surface area contributed by atoms with Crippen molar-refractivity contribution in [1.29, 1.82) is 0 Å². The average Bonchev–Trinajstić information content (AvgIpc) is 2.39. The van der Waals surface area contributed by atoms with E-state index < -0.39 is 11.9 Å². The minimum absolute atomic E-state index is 0.260. The lowest BCUT2D eigenvalue weighted by Gasteiger charge is -2.16. The molecule has 3 N–H and O–H groups in total. The zero-order chi connectivity index (χ0) is 13.8. The van der Waals surface area contributed by atoms with E-state index in [4.69, 9.17) is 29.0 Å². The molecule has 2 aromatic rings. The van der Waals surface area contributed by atoms with E-state index in [1.807, 2.05) is 0 Å². The Hall–Kier alpha value is -1.20. The first-order valence-electron chi connectivity index (χ1n) is 5.62. The maximum Gasteiger partial charge on any atom is 0.146 e. The van der Waals surface area contributed by atoms with Crippen molar-refractivity contribution in [2.24, 2.45) is 5.84 Å². The first-order chi connectivity index (χ1) is 9.11. The lowest BCUT2D eigenvalue weighted by molar-refractivity contribution is 0.495. The zero-order valence-corrected chi connectivity index (χ0v) is 11.4. The number of nitrogens with one attached hydrogen (secondary N) is 1. The Morgan fingerprint density at radius 2 is 2.11 bits per heavy atom. The first kappa shape index (κ1) is 14.2. The molecule has 19 heavy (non-hydrogen) atoms. The molecule has 100 valence electrons. The fourth-order valence-electron chi connectivity index (χ4n) is 1.80. The number of nitrogens with zero attached hydrogens (tertiary/aromatic N) is 1. The van der Waals surface area contributed by atoms with Crippen molar-refractivity contribution in [2.45, 2.75) is 12.5 Å². The van der Waals surface area contributed by atoms with Gasteiger partial charge in [-0.25, -0.2) is 4.39 Å². The molecule has 1 aromatic heterocycles. The Morgan fingerprint density at radius 1 is 1.32 bits per heavy atom. The summed E-state index contributed by atoms with van der Waals surface area (Å²) in [6.07, 6.45) is 1.94. The van der Waals surface area contributed by atoms with Crippen LogP contribution in [-0.2, 0) is 6.42 Å². The van der Waals surface area contributed by atoms with Crippen molar-refractivity contribution in [3.63, 3.8) is 0 Å². The predicted octanol–water partition coefficient (Wildman–Crippen LogP) is 3.27. The normalized spacial score (nSPS) is 12.4. The number of pyridine rings is 1. The van der Waals surface area contributed by atoms with Crippen LogP contribution in [0.25, 0.3) is 0 Å². The number of aromatic nitrogens is 1. The molecule has 1 aromatic carbocycles. The molecule has 0 aliphatic rings. The molecule has 0 aliphatic carbocycles. The largest absolute Gasteiger partial charge is 0.271 e. The van der Waals surface area contributed by atoms with Crippen molar-refractivity contribution < 1.29 is 4.39 Å². The van der Waals surface area contributed by atoms with E-state index in [1.165, 1.54) is 18.3 Å². The van der Waals surface area contributed by atoms with Gasteiger partial charge in [-0.3, -0.25) is 16.3 Å².